The van der Waals surface area contributed by atoms with Crippen LogP contribution in [0.15, 0.2) is 29.4 Å². The highest BCUT2D eigenvalue weighted by Gasteiger charge is 2.33. The number of nitrogens with zero attached hydrogens (tertiary/aromatic N) is 3. The highest BCUT2D eigenvalue weighted by Crippen LogP contribution is 2.26. The molecule has 0 radical (unpaired) electrons. The molecule has 20 heavy (non-hydrogen) atoms. The van der Waals surface area contributed by atoms with E-state index in [0.717, 1.165) is 0 Å². The molecule has 2 aromatic heterocycles. The summed E-state index contributed by atoms with van der Waals surface area (Å²) in [6, 6.07) is 5.18. The van der Waals surface area contributed by atoms with Crippen LogP contribution in [0.2, 0.25) is 0 Å². The molecule has 3 N–H and O–H groups in total. The van der Waals surface area contributed by atoms with E-state index in [2.05, 4.69) is 4.98 Å². The average Bonchev–Trinajstić information content (AvgIpc) is 2.75. The summed E-state index contributed by atoms with van der Waals surface area (Å²) in [5, 5.41) is 9.64. The van der Waals surface area contributed by atoms with E-state index in [9.17, 15) is 13.5 Å². The SMILES string of the molecule is Nc1nc2ccccn2c1S(=O)(=O)N1CCCC(O)C1. The van der Waals surface area contributed by atoms with Crippen LogP contribution in [-0.4, -0.2) is 46.4 Å². The molecule has 0 amide bonds. The number of imidazole rings is 1. The third-order valence-corrected chi connectivity index (χ3v) is 5.36. The fourth-order valence-electron chi connectivity index (χ4n) is 2.51. The van der Waals surface area contributed by atoms with Gasteiger partial charge in [0.2, 0.25) is 0 Å². The minimum atomic E-state index is -3.76. The third-order valence-electron chi connectivity index (χ3n) is 3.45. The van der Waals surface area contributed by atoms with Crippen molar-refractivity contribution in [1.29, 1.82) is 0 Å². The summed E-state index contributed by atoms with van der Waals surface area (Å²) in [6.07, 6.45) is 2.25. The molecule has 0 saturated carbocycles. The number of aliphatic hydroxyl groups is 1. The molecule has 0 spiro atoms. The number of anilines is 1. The second-order valence-electron chi connectivity index (χ2n) is 4.89. The van der Waals surface area contributed by atoms with Crippen LogP contribution in [0.5, 0.6) is 0 Å². The Hall–Kier alpha value is -1.64. The standard InChI is InChI=1S/C12H16N4O3S/c13-11-12(16-7-2-1-5-10(16)14-11)20(18,19)15-6-3-4-9(17)8-15/h1-2,5,7,9,17H,3-4,6,8,13H2. The van der Waals surface area contributed by atoms with Gasteiger partial charge in [0.1, 0.15) is 5.65 Å². The fourth-order valence-corrected chi connectivity index (χ4v) is 4.20. The number of hydrogen-bond acceptors (Lipinski definition) is 5. The van der Waals surface area contributed by atoms with Crippen LogP contribution < -0.4 is 5.73 Å². The van der Waals surface area contributed by atoms with Crippen LogP contribution in [0.3, 0.4) is 0 Å². The molecular formula is C12H16N4O3S. The molecule has 7 nitrogen and oxygen atoms in total. The van der Waals surface area contributed by atoms with E-state index in [0.29, 0.717) is 25.0 Å². The molecule has 3 heterocycles. The Morgan fingerprint density at radius 1 is 1.40 bits per heavy atom. The van der Waals surface area contributed by atoms with Gasteiger partial charge in [-0.05, 0) is 25.0 Å². The van der Waals surface area contributed by atoms with Crippen LogP contribution in [-0.2, 0) is 10.0 Å². The quantitative estimate of drug-likeness (QED) is 0.816. The van der Waals surface area contributed by atoms with E-state index in [-0.39, 0.29) is 17.4 Å². The molecule has 1 aliphatic heterocycles. The van der Waals surface area contributed by atoms with E-state index >= 15 is 0 Å². The molecule has 0 aromatic carbocycles. The number of fused-ring (bicyclic) bond motifs is 1. The molecule has 1 fully saturated rings. The van der Waals surface area contributed by atoms with Crippen molar-refractivity contribution >= 4 is 21.5 Å². The van der Waals surface area contributed by atoms with Gasteiger partial charge in [0, 0.05) is 19.3 Å². The van der Waals surface area contributed by atoms with Crippen molar-refractivity contribution in [3.05, 3.63) is 24.4 Å². The summed E-state index contributed by atoms with van der Waals surface area (Å²) in [5.74, 6) is -0.0173. The third kappa shape index (κ3) is 2.05. The Labute approximate surface area is 116 Å². The monoisotopic (exact) mass is 296 g/mol. The van der Waals surface area contributed by atoms with Gasteiger partial charge in [0.25, 0.3) is 10.0 Å². The number of sulfonamides is 1. The highest BCUT2D eigenvalue weighted by atomic mass is 32.2. The molecule has 3 rings (SSSR count). The molecule has 0 bridgehead atoms. The Morgan fingerprint density at radius 3 is 2.95 bits per heavy atom. The van der Waals surface area contributed by atoms with Crippen molar-refractivity contribution in [1.82, 2.24) is 13.7 Å². The average molecular weight is 296 g/mol. The first-order valence-corrected chi connectivity index (χ1v) is 7.85. The number of aliphatic hydroxyl groups excluding tert-OH is 1. The molecule has 8 heteroatoms. The summed E-state index contributed by atoms with van der Waals surface area (Å²) in [7, 11) is -3.76. The highest BCUT2D eigenvalue weighted by molar-refractivity contribution is 7.89. The fraction of sp³-hybridized carbons (Fsp3) is 0.417. The van der Waals surface area contributed by atoms with Crippen LogP contribution in [0.1, 0.15) is 12.8 Å². The van der Waals surface area contributed by atoms with Crippen molar-refractivity contribution in [2.45, 2.75) is 24.0 Å². The predicted octanol–water partition coefficient (Wildman–Crippen LogP) is 0.0619. The molecule has 1 saturated heterocycles. The van der Waals surface area contributed by atoms with Gasteiger partial charge in [0.05, 0.1) is 6.10 Å². The van der Waals surface area contributed by atoms with Gasteiger partial charge >= 0.3 is 0 Å². The van der Waals surface area contributed by atoms with Crippen molar-refractivity contribution in [2.24, 2.45) is 0 Å². The number of nitrogen functional groups attached to an aromatic ring is 1. The van der Waals surface area contributed by atoms with Crippen molar-refractivity contribution < 1.29 is 13.5 Å². The number of nitrogens with two attached hydrogens (primary N) is 1. The van der Waals surface area contributed by atoms with Crippen molar-refractivity contribution in [2.75, 3.05) is 18.8 Å². The number of aromatic nitrogens is 2. The summed E-state index contributed by atoms with van der Waals surface area (Å²) in [6.45, 7) is 0.487. The Bertz CT molecular complexity index is 740. The molecule has 1 aliphatic rings. The number of piperidine rings is 1. The maximum absolute atomic E-state index is 12.7. The van der Waals surface area contributed by atoms with Crippen LogP contribution >= 0.6 is 0 Å². The number of pyridine rings is 1. The van der Waals surface area contributed by atoms with Crippen LogP contribution in [0.25, 0.3) is 5.65 Å². The minimum absolute atomic E-state index is 0.0173. The second kappa shape index (κ2) is 4.72. The zero-order valence-electron chi connectivity index (χ0n) is 10.8. The molecule has 1 atom stereocenters. The molecule has 0 aliphatic carbocycles. The van der Waals surface area contributed by atoms with Gasteiger partial charge in [-0.2, -0.15) is 4.31 Å². The van der Waals surface area contributed by atoms with Gasteiger partial charge in [-0.1, -0.05) is 6.07 Å². The minimum Gasteiger partial charge on any atom is -0.392 e. The van der Waals surface area contributed by atoms with Gasteiger partial charge in [-0.15, -0.1) is 0 Å². The first-order valence-electron chi connectivity index (χ1n) is 6.41. The zero-order valence-corrected chi connectivity index (χ0v) is 11.6. The van der Waals surface area contributed by atoms with Crippen LogP contribution in [0.4, 0.5) is 5.82 Å². The van der Waals surface area contributed by atoms with Crippen LogP contribution in [0, 0.1) is 0 Å². The van der Waals surface area contributed by atoms with E-state index < -0.39 is 16.1 Å². The van der Waals surface area contributed by atoms with Gasteiger partial charge in [-0.25, -0.2) is 13.4 Å². The Kier molecular flexibility index (Phi) is 3.15. The lowest BCUT2D eigenvalue weighted by molar-refractivity contribution is 0.108. The van der Waals surface area contributed by atoms with E-state index in [4.69, 9.17) is 5.73 Å². The first kappa shape index (κ1) is 13.3. The Balaban J connectivity index is 2.11. The molecule has 1 unspecified atom stereocenters. The lowest BCUT2D eigenvalue weighted by atomic mass is 10.1. The van der Waals surface area contributed by atoms with Gasteiger partial charge in [0.15, 0.2) is 10.8 Å². The van der Waals surface area contributed by atoms with Crippen molar-refractivity contribution in [3.63, 3.8) is 0 Å². The maximum Gasteiger partial charge on any atom is 0.262 e. The normalized spacial score (nSPS) is 21.4. The second-order valence-corrected chi connectivity index (χ2v) is 6.74. The number of rotatable bonds is 2. The summed E-state index contributed by atoms with van der Waals surface area (Å²) < 4.78 is 28.1. The molecular weight excluding hydrogens is 280 g/mol. The molecule has 2 aromatic rings. The summed E-state index contributed by atoms with van der Waals surface area (Å²) >= 11 is 0. The van der Waals surface area contributed by atoms with E-state index in [1.165, 1.54) is 8.71 Å². The van der Waals surface area contributed by atoms with Gasteiger partial charge < -0.3 is 10.8 Å². The molecule has 108 valence electrons. The lowest BCUT2D eigenvalue weighted by Gasteiger charge is -2.28. The largest absolute Gasteiger partial charge is 0.392 e. The van der Waals surface area contributed by atoms with Crippen molar-refractivity contribution in [3.8, 4) is 0 Å². The van der Waals surface area contributed by atoms with Gasteiger partial charge in [-0.3, -0.25) is 4.40 Å². The lowest BCUT2D eigenvalue weighted by Crippen LogP contribution is -2.42. The zero-order chi connectivity index (χ0) is 14.3. The number of β-amino-alcohol motifs (C(OH)–C–C–N with tert-alkyl or cyclic N) is 1. The predicted molar refractivity (Wildman–Crippen MR) is 73.6 cm³/mol. The summed E-state index contributed by atoms with van der Waals surface area (Å²) in [5.41, 5.74) is 6.27. The maximum atomic E-state index is 12.7. The van der Waals surface area contributed by atoms with E-state index in [1.54, 1.807) is 24.4 Å². The topological polar surface area (TPSA) is 101 Å². The first-order chi connectivity index (χ1) is 9.50. The van der Waals surface area contributed by atoms with E-state index in [1.807, 2.05) is 0 Å². The summed E-state index contributed by atoms with van der Waals surface area (Å²) in [4.78, 5) is 4.07. The smallest absolute Gasteiger partial charge is 0.262 e. The Morgan fingerprint density at radius 2 is 2.20 bits per heavy atom. The number of hydrogen-bond donors (Lipinski definition) is 2.